The monoisotopic (exact) mass is 159 g/mol. The molecule has 0 bridgehead atoms. The van der Waals surface area contributed by atoms with E-state index in [2.05, 4.69) is 11.4 Å². The number of hydrogen-bond acceptors (Lipinski definition) is 1. The van der Waals surface area contributed by atoms with Gasteiger partial charge in [-0.25, -0.2) is 0 Å². The molecule has 0 saturated carbocycles. The number of rotatable bonds is 4. The minimum Gasteiger partial charge on any atom is -0.285 e. The predicted octanol–water partition coefficient (Wildman–Crippen LogP) is 2.23. The highest BCUT2D eigenvalue weighted by Gasteiger charge is 1.90. The molecule has 0 aliphatic carbocycles. The zero-order chi connectivity index (χ0) is 8.65. The molecule has 2 heteroatoms. The van der Waals surface area contributed by atoms with Crippen LogP contribution in [0, 0.1) is 11.3 Å². The smallest absolute Gasteiger partial charge is 0.0622 e. The van der Waals surface area contributed by atoms with E-state index in [1.54, 1.807) is 0 Å². The molecule has 1 radical (unpaired) electrons. The summed E-state index contributed by atoms with van der Waals surface area (Å²) in [6, 6.07) is 11.9. The van der Waals surface area contributed by atoms with Gasteiger partial charge in [-0.2, -0.15) is 5.26 Å². The van der Waals surface area contributed by atoms with Gasteiger partial charge in [0.05, 0.1) is 11.8 Å². The van der Waals surface area contributed by atoms with Gasteiger partial charge in [-0.3, -0.25) is 5.32 Å². The summed E-state index contributed by atoms with van der Waals surface area (Å²) in [5, 5.41) is 12.6. The molecule has 0 fully saturated rings. The van der Waals surface area contributed by atoms with E-state index in [4.69, 9.17) is 5.26 Å². The second-order valence-electron chi connectivity index (χ2n) is 2.48. The number of unbranched alkanes of at least 4 members (excludes halogenated alkanes) is 1. The Balaban J connectivity index is 2.21. The molecule has 0 unspecified atom stereocenters. The van der Waals surface area contributed by atoms with Crippen molar-refractivity contribution in [1.29, 1.82) is 5.26 Å². The van der Waals surface area contributed by atoms with Crippen LogP contribution in [0.5, 0.6) is 0 Å². The molecule has 0 aromatic heterocycles. The summed E-state index contributed by atoms with van der Waals surface area (Å²) in [6.07, 6.45) is 1.45. The standard InChI is InChI=1S/C10H11N2/c11-8-4-5-9-12-10-6-2-1-3-7-10/h1-3,6-7H,4-5,9H2. The molecule has 1 rings (SSSR count). The fourth-order valence-corrected chi connectivity index (χ4v) is 0.900. The van der Waals surface area contributed by atoms with E-state index in [0.29, 0.717) is 6.42 Å². The Labute approximate surface area is 72.8 Å². The lowest BCUT2D eigenvalue weighted by molar-refractivity contribution is 0.766. The van der Waals surface area contributed by atoms with Crippen LogP contribution in [0.1, 0.15) is 12.8 Å². The summed E-state index contributed by atoms with van der Waals surface area (Å²) < 4.78 is 0. The second kappa shape index (κ2) is 5.20. The third kappa shape index (κ3) is 3.07. The third-order valence-corrected chi connectivity index (χ3v) is 1.50. The molecule has 0 aliphatic rings. The normalized spacial score (nSPS) is 8.92. The Morgan fingerprint density at radius 2 is 2.00 bits per heavy atom. The van der Waals surface area contributed by atoms with E-state index >= 15 is 0 Å². The summed E-state index contributed by atoms with van der Waals surface area (Å²) in [6.45, 7) is 0.748. The zero-order valence-corrected chi connectivity index (χ0v) is 6.90. The van der Waals surface area contributed by atoms with Crippen molar-refractivity contribution in [3.05, 3.63) is 30.3 Å². The lowest BCUT2D eigenvalue weighted by atomic mass is 10.3. The van der Waals surface area contributed by atoms with Crippen LogP contribution in [0.15, 0.2) is 30.3 Å². The molecule has 0 N–H and O–H groups in total. The maximum absolute atomic E-state index is 8.27. The Morgan fingerprint density at radius 3 is 2.67 bits per heavy atom. The molecule has 0 aliphatic heterocycles. The summed E-state index contributed by atoms with van der Waals surface area (Å²) in [4.78, 5) is 0. The number of para-hydroxylation sites is 1. The van der Waals surface area contributed by atoms with Gasteiger partial charge in [0.15, 0.2) is 0 Å². The van der Waals surface area contributed by atoms with Crippen LogP contribution in [-0.2, 0) is 0 Å². The summed E-state index contributed by atoms with van der Waals surface area (Å²) in [7, 11) is 0. The van der Waals surface area contributed by atoms with Crippen molar-refractivity contribution in [3.8, 4) is 6.07 Å². The maximum atomic E-state index is 8.27. The van der Waals surface area contributed by atoms with Gasteiger partial charge in [0.2, 0.25) is 0 Å². The number of nitrogens with zero attached hydrogens (tertiary/aromatic N) is 2. The van der Waals surface area contributed by atoms with Crippen molar-refractivity contribution in [2.24, 2.45) is 0 Å². The molecule has 1 aromatic rings. The fraction of sp³-hybridized carbons (Fsp3) is 0.300. The summed E-state index contributed by atoms with van der Waals surface area (Å²) in [5.74, 6) is 0. The van der Waals surface area contributed by atoms with Gasteiger partial charge >= 0.3 is 0 Å². The molecule has 0 amide bonds. The van der Waals surface area contributed by atoms with Crippen LogP contribution in [0.3, 0.4) is 0 Å². The molecule has 0 heterocycles. The Bertz CT molecular complexity index is 248. The zero-order valence-electron chi connectivity index (χ0n) is 6.90. The van der Waals surface area contributed by atoms with E-state index in [9.17, 15) is 0 Å². The van der Waals surface area contributed by atoms with Crippen LogP contribution in [0.2, 0.25) is 0 Å². The van der Waals surface area contributed by atoms with Crippen molar-refractivity contribution in [1.82, 2.24) is 5.32 Å². The minimum absolute atomic E-state index is 0.594. The summed E-state index contributed by atoms with van der Waals surface area (Å²) >= 11 is 0. The van der Waals surface area contributed by atoms with Crippen molar-refractivity contribution < 1.29 is 0 Å². The highest BCUT2D eigenvalue weighted by atomic mass is 14.9. The SMILES string of the molecule is N#CCCC[N]c1ccccc1. The average Bonchev–Trinajstić information content (AvgIpc) is 2.14. The topological polar surface area (TPSA) is 37.9 Å². The van der Waals surface area contributed by atoms with Gasteiger partial charge in [-0.15, -0.1) is 0 Å². The van der Waals surface area contributed by atoms with Crippen LogP contribution >= 0.6 is 0 Å². The van der Waals surface area contributed by atoms with E-state index in [1.807, 2.05) is 30.3 Å². The quantitative estimate of drug-likeness (QED) is 0.621. The summed E-state index contributed by atoms with van der Waals surface area (Å²) in [5.41, 5.74) is 0.996. The maximum Gasteiger partial charge on any atom is 0.0622 e. The van der Waals surface area contributed by atoms with Gasteiger partial charge in [-0.1, -0.05) is 18.2 Å². The Morgan fingerprint density at radius 1 is 1.25 bits per heavy atom. The Kier molecular flexibility index (Phi) is 3.73. The van der Waals surface area contributed by atoms with Gasteiger partial charge in [0.25, 0.3) is 0 Å². The van der Waals surface area contributed by atoms with E-state index < -0.39 is 0 Å². The number of hydrogen-bond donors (Lipinski definition) is 0. The highest BCUT2D eigenvalue weighted by Crippen LogP contribution is 2.04. The second-order valence-corrected chi connectivity index (χ2v) is 2.48. The predicted molar refractivity (Wildman–Crippen MR) is 48.0 cm³/mol. The Hall–Kier alpha value is -1.49. The van der Waals surface area contributed by atoms with Gasteiger partial charge in [0, 0.05) is 13.0 Å². The van der Waals surface area contributed by atoms with Gasteiger partial charge < -0.3 is 0 Å². The molecule has 2 nitrogen and oxygen atoms in total. The molecule has 61 valence electrons. The van der Waals surface area contributed by atoms with Crippen molar-refractivity contribution in [3.63, 3.8) is 0 Å². The lowest BCUT2D eigenvalue weighted by Gasteiger charge is -1.99. The number of nitriles is 1. The molecule has 12 heavy (non-hydrogen) atoms. The van der Waals surface area contributed by atoms with Crippen molar-refractivity contribution >= 4 is 5.69 Å². The molecule has 0 atom stereocenters. The van der Waals surface area contributed by atoms with Gasteiger partial charge in [-0.05, 0) is 18.6 Å². The molecule has 0 saturated heterocycles. The average molecular weight is 159 g/mol. The molecule has 1 aromatic carbocycles. The number of benzene rings is 1. The van der Waals surface area contributed by atoms with Gasteiger partial charge in [0.1, 0.15) is 0 Å². The first-order chi connectivity index (χ1) is 5.93. The highest BCUT2D eigenvalue weighted by molar-refractivity contribution is 5.34. The molecular weight excluding hydrogens is 148 g/mol. The van der Waals surface area contributed by atoms with E-state index in [0.717, 1.165) is 18.7 Å². The minimum atomic E-state index is 0.594. The lowest BCUT2D eigenvalue weighted by Crippen LogP contribution is -1.98. The van der Waals surface area contributed by atoms with Crippen molar-refractivity contribution in [2.45, 2.75) is 12.8 Å². The third-order valence-electron chi connectivity index (χ3n) is 1.50. The first-order valence-corrected chi connectivity index (χ1v) is 4.03. The molecular formula is C10H11N2. The van der Waals surface area contributed by atoms with Crippen molar-refractivity contribution in [2.75, 3.05) is 6.54 Å². The van der Waals surface area contributed by atoms with Crippen LogP contribution in [0.4, 0.5) is 5.69 Å². The van der Waals surface area contributed by atoms with Crippen LogP contribution in [-0.4, -0.2) is 6.54 Å². The van der Waals surface area contributed by atoms with E-state index in [-0.39, 0.29) is 0 Å². The van der Waals surface area contributed by atoms with E-state index in [1.165, 1.54) is 0 Å². The fourth-order valence-electron chi connectivity index (χ4n) is 0.900. The first kappa shape index (κ1) is 8.61. The first-order valence-electron chi connectivity index (χ1n) is 4.03. The van der Waals surface area contributed by atoms with Crippen LogP contribution < -0.4 is 5.32 Å². The molecule has 0 spiro atoms. The van der Waals surface area contributed by atoms with Crippen LogP contribution in [0.25, 0.3) is 0 Å². The largest absolute Gasteiger partial charge is 0.285 e.